The van der Waals surface area contributed by atoms with E-state index in [4.69, 9.17) is 5.73 Å². The van der Waals surface area contributed by atoms with Crippen molar-refractivity contribution in [3.63, 3.8) is 0 Å². The normalized spacial score (nSPS) is 19.5. The van der Waals surface area contributed by atoms with Gasteiger partial charge in [-0.05, 0) is 19.3 Å². The van der Waals surface area contributed by atoms with Crippen LogP contribution in [-0.4, -0.2) is 18.0 Å². The van der Waals surface area contributed by atoms with Gasteiger partial charge in [-0.3, -0.25) is 4.79 Å². The molecule has 0 radical (unpaired) electrons. The second-order valence-corrected chi connectivity index (χ2v) is 3.16. The molecule has 0 aromatic heterocycles. The molecule has 1 aliphatic carbocycles. The van der Waals surface area contributed by atoms with Crippen LogP contribution in [0.25, 0.3) is 0 Å². The third-order valence-electron chi connectivity index (χ3n) is 2.13. The largest absolute Gasteiger partial charge is 0.351 e. The van der Waals surface area contributed by atoms with Gasteiger partial charge in [0.05, 0.1) is 6.04 Å². The zero-order chi connectivity index (χ0) is 8.97. The Labute approximate surface area is 73.0 Å². The average molecular weight is 168 g/mol. The van der Waals surface area contributed by atoms with Crippen molar-refractivity contribution in [2.75, 3.05) is 0 Å². The van der Waals surface area contributed by atoms with E-state index in [2.05, 4.69) is 17.5 Å². The lowest BCUT2D eigenvalue weighted by Gasteiger charge is -2.15. The first kappa shape index (κ1) is 9.26. The Morgan fingerprint density at radius 3 is 2.75 bits per heavy atom. The lowest BCUT2D eigenvalue weighted by molar-refractivity contribution is -0.123. The summed E-state index contributed by atoms with van der Waals surface area (Å²) in [5.41, 5.74) is 5.56. The van der Waals surface area contributed by atoms with Gasteiger partial charge >= 0.3 is 0 Å². The van der Waals surface area contributed by atoms with Crippen LogP contribution < -0.4 is 11.1 Å². The topological polar surface area (TPSA) is 55.1 Å². The minimum atomic E-state index is -0.342. The summed E-state index contributed by atoms with van der Waals surface area (Å²) in [5.74, 6) is -0.0220. The van der Waals surface area contributed by atoms with E-state index in [1.807, 2.05) is 6.92 Å². The highest BCUT2D eigenvalue weighted by Crippen LogP contribution is 2.08. The minimum Gasteiger partial charge on any atom is -0.351 e. The zero-order valence-corrected chi connectivity index (χ0v) is 7.42. The van der Waals surface area contributed by atoms with E-state index in [1.165, 1.54) is 0 Å². The molecule has 0 saturated carbocycles. The van der Waals surface area contributed by atoms with Crippen LogP contribution in [0.5, 0.6) is 0 Å². The van der Waals surface area contributed by atoms with E-state index < -0.39 is 0 Å². The van der Waals surface area contributed by atoms with Gasteiger partial charge in [0.25, 0.3) is 0 Å². The summed E-state index contributed by atoms with van der Waals surface area (Å²) < 4.78 is 0. The number of hydrogen-bond acceptors (Lipinski definition) is 2. The van der Waals surface area contributed by atoms with Crippen LogP contribution in [-0.2, 0) is 4.79 Å². The molecule has 1 aliphatic rings. The second-order valence-electron chi connectivity index (χ2n) is 3.16. The van der Waals surface area contributed by atoms with Crippen LogP contribution in [0.4, 0.5) is 0 Å². The Bertz CT molecular complexity index is 181. The summed E-state index contributed by atoms with van der Waals surface area (Å²) in [6.07, 6.45) is 6.77. The van der Waals surface area contributed by atoms with E-state index in [-0.39, 0.29) is 18.0 Å². The number of carbonyl (C=O) groups excluding carboxylic acids is 1. The smallest absolute Gasteiger partial charge is 0.237 e. The number of amides is 1. The molecule has 0 heterocycles. The van der Waals surface area contributed by atoms with Crippen LogP contribution >= 0.6 is 0 Å². The molecule has 1 unspecified atom stereocenters. The lowest BCUT2D eigenvalue weighted by atomic mass is 10.2. The van der Waals surface area contributed by atoms with Gasteiger partial charge in [-0.1, -0.05) is 19.1 Å². The fraction of sp³-hybridized carbons (Fsp3) is 0.667. The average Bonchev–Trinajstić information content (AvgIpc) is 2.55. The van der Waals surface area contributed by atoms with Crippen molar-refractivity contribution >= 4 is 5.91 Å². The van der Waals surface area contributed by atoms with Gasteiger partial charge in [0.2, 0.25) is 5.91 Å². The fourth-order valence-electron chi connectivity index (χ4n) is 1.23. The maximum absolute atomic E-state index is 11.3. The molecular formula is C9H16N2O. The highest BCUT2D eigenvalue weighted by molar-refractivity contribution is 5.81. The number of nitrogens with two attached hydrogens (primary N) is 1. The predicted molar refractivity (Wildman–Crippen MR) is 48.6 cm³/mol. The molecule has 0 spiro atoms. The van der Waals surface area contributed by atoms with Crippen LogP contribution in [0.3, 0.4) is 0 Å². The Morgan fingerprint density at radius 1 is 1.67 bits per heavy atom. The van der Waals surface area contributed by atoms with Crippen molar-refractivity contribution in [3.05, 3.63) is 12.2 Å². The van der Waals surface area contributed by atoms with Gasteiger partial charge in [-0.15, -0.1) is 0 Å². The van der Waals surface area contributed by atoms with Crippen LogP contribution in [0.15, 0.2) is 12.2 Å². The Balaban J connectivity index is 2.26. The quantitative estimate of drug-likeness (QED) is 0.605. The molecule has 0 aliphatic heterocycles. The van der Waals surface area contributed by atoms with E-state index >= 15 is 0 Å². The molecule has 0 saturated heterocycles. The first-order chi connectivity index (χ1) is 5.74. The van der Waals surface area contributed by atoms with E-state index in [0.29, 0.717) is 6.42 Å². The highest BCUT2D eigenvalue weighted by atomic mass is 16.2. The second kappa shape index (κ2) is 4.26. The number of nitrogens with one attached hydrogen (secondary N) is 1. The number of rotatable bonds is 3. The Hall–Kier alpha value is -0.830. The van der Waals surface area contributed by atoms with Gasteiger partial charge in [-0.2, -0.15) is 0 Å². The maximum atomic E-state index is 11.3. The molecule has 0 aromatic carbocycles. The third kappa shape index (κ3) is 2.34. The molecule has 3 nitrogen and oxygen atoms in total. The summed E-state index contributed by atoms with van der Waals surface area (Å²) in [4.78, 5) is 11.3. The Morgan fingerprint density at radius 2 is 2.25 bits per heavy atom. The summed E-state index contributed by atoms with van der Waals surface area (Å²) in [5, 5.41) is 2.90. The summed E-state index contributed by atoms with van der Waals surface area (Å²) in [6.45, 7) is 1.91. The molecule has 1 rings (SSSR count). The predicted octanol–water partition coefficient (Wildman–Crippen LogP) is 0.558. The van der Waals surface area contributed by atoms with E-state index in [1.54, 1.807) is 0 Å². The van der Waals surface area contributed by atoms with Crippen molar-refractivity contribution in [1.82, 2.24) is 5.32 Å². The first-order valence-electron chi connectivity index (χ1n) is 4.45. The van der Waals surface area contributed by atoms with Crippen LogP contribution in [0.1, 0.15) is 26.2 Å². The van der Waals surface area contributed by atoms with Crippen LogP contribution in [0.2, 0.25) is 0 Å². The summed E-state index contributed by atoms with van der Waals surface area (Å²) >= 11 is 0. The summed E-state index contributed by atoms with van der Waals surface area (Å²) in [6, 6.07) is -0.0549. The molecule has 3 heteroatoms. The molecule has 3 N–H and O–H groups in total. The molecule has 1 atom stereocenters. The fourth-order valence-corrected chi connectivity index (χ4v) is 1.23. The molecule has 0 fully saturated rings. The maximum Gasteiger partial charge on any atom is 0.237 e. The first-order valence-corrected chi connectivity index (χ1v) is 4.45. The lowest BCUT2D eigenvalue weighted by Crippen LogP contribution is -2.44. The molecule has 0 aromatic rings. The van der Waals surface area contributed by atoms with Crippen molar-refractivity contribution < 1.29 is 4.79 Å². The molecule has 12 heavy (non-hydrogen) atoms. The minimum absolute atomic E-state index is 0.0220. The van der Waals surface area contributed by atoms with Crippen LogP contribution in [0, 0.1) is 0 Å². The highest BCUT2D eigenvalue weighted by Gasteiger charge is 2.16. The molecule has 68 valence electrons. The van der Waals surface area contributed by atoms with Crippen molar-refractivity contribution in [3.8, 4) is 0 Å². The molecule has 1 amide bonds. The van der Waals surface area contributed by atoms with Crippen molar-refractivity contribution in [2.24, 2.45) is 5.73 Å². The monoisotopic (exact) mass is 168 g/mol. The standard InChI is InChI=1S/C9H16N2O/c1-2-8(10)9(12)11-7-5-3-4-6-7/h3-4,7-8H,2,5-6,10H2,1H3,(H,11,12). The summed E-state index contributed by atoms with van der Waals surface area (Å²) in [7, 11) is 0. The third-order valence-corrected chi connectivity index (χ3v) is 2.13. The van der Waals surface area contributed by atoms with E-state index in [9.17, 15) is 4.79 Å². The van der Waals surface area contributed by atoms with Crippen molar-refractivity contribution in [1.29, 1.82) is 0 Å². The van der Waals surface area contributed by atoms with Gasteiger partial charge in [0.1, 0.15) is 0 Å². The molecular weight excluding hydrogens is 152 g/mol. The van der Waals surface area contributed by atoms with Gasteiger partial charge in [0, 0.05) is 6.04 Å². The van der Waals surface area contributed by atoms with Gasteiger partial charge in [0.15, 0.2) is 0 Å². The Kier molecular flexibility index (Phi) is 3.29. The van der Waals surface area contributed by atoms with Crippen molar-refractivity contribution in [2.45, 2.75) is 38.3 Å². The van der Waals surface area contributed by atoms with Gasteiger partial charge in [-0.25, -0.2) is 0 Å². The molecule has 0 bridgehead atoms. The number of hydrogen-bond donors (Lipinski definition) is 2. The SMILES string of the molecule is CCC(N)C(=O)NC1CC=CC1. The number of carbonyl (C=O) groups is 1. The zero-order valence-electron chi connectivity index (χ0n) is 7.42. The van der Waals surface area contributed by atoms with E-state index in [0.717, 1.165) is 12.8 Å². The van der Waals surface area contributed by atoms with Gasteiger partial charge < -0.3 is 11.1 Å².